The predicted molar refractivity (Wildman–Crippen MR) is 171 cm³/mol. The lowest BCUT2D eigenvalue weighted by atomic mass is 9.83. The first-order valence-corrected chi connectivity index (χ1v) is 17.5. The average molecular weight is 685 g/mol. The van der Waals surface area contributed by atoms with Gasteiger partial charge in [-0.25, -0.2) is 0 Å². The van der Waals surface area contributed by atoms with Crippen molar-refractivity contribution in [2.45, 2.75) is 101 Å². The van der Waals surface area contributed by atoms with Gasteiger partial charge in [0.1, 0.15) is 12.7 Å². The van der Waals surface area contributed by atoms with Crippen molar-refractivity contribution in [3.05, 3.63) is 77.7 Å². The molecule has 0 saturated carbocycles. The first kappa shape index (κ1) is 37.1. The zero-order valence-electron chi connectivity index (χ0n) is 27.2. The number of nitrogens with one attached hydrogen (secondary N) is 1. The molecule has 47 heavy (non-hydrogen) atoms. The van der Waals surface area contributed by atoms with Gasteiger partial charge in [0.25, 0.3) is 10.1 Å². The molecule has 0 spiro atoms. The number of alkyl halides is 3. The fourth-order valence-electron chi connectivity index (χ4n) is 5.78. The van der Waals surface area contributed by atoms with Gasteiger partial charge in [0.05, 0.1) is 17.3 Å². The maximum absolute atomic E-state index is 13.0. The van der Waals surface area contributed by atoms with E-state index in [2.05, 4.69) is 11.9 Å². The number of hydrogen-bond acceptors (Lipinski definition) is 9. The Morgan fingerprint density at radius 3 is 2.60 bits per heavy atom. The molecule has 2 aliphatic heterocycles. The highest BCUT2D eigenvalue weighted by molar-refractivity contribution is 7.86. The van der Waals surface area contributed by atoms with Crippen LogP contribution in [0.25, 0.3) is 0 Å². The molecule has 1 aliphatic carbocycles. The van der Waals surface area contributed by atoms with E-state index >= 15 is 0 Å². The molecule has 262 valence electrons. The highest BCUT2D eigenvalue weighted by Crippen LogP contribution is 2.33. The Bertz CT molecular complexity index is 1390. The van der Waals surface area contributed by atoms with Crippen molar-refractivity contribution in [2.24, 2.45) is 5.92 Å². The van der Waals surface area contributed by atoms with Crippen molar-refractivity contribution in [2.75, 3.05) is 26.9 Å². The van der Waals surface area contributed by atoms with E-state index in [1.807, 2.05) is 32.1 Å². The molecule has 6 atom stereocenters. The Hall–Kier alpha value is -2.68. The van der Waals surface area contributed by atoms with Gasteiger partial charge in [-0.1, -0.05) is 42.5 Å². The van der Waals surface area contributed by atoms with Gasteiger partial charge in [-0.15, -0.1) is 0 Å². The molecule has 3 unspecified atom stereocenters. The molecular weight excluding hydrogens is 637 g/mol. The maximum Gasteiger partial charge on any atom is 0.433 e. The molecule has 4 rings (SSSR count). The predicted octanol–water partition coefficient (Wildman–Crippen LogP) is 5.87. The van der Waals surface area contributed by atoms with Crippen molar-refractivity contribution in [1.29, 1.82) is 0 Å². The van der Waals surface area contributed by atoms with E-state index in [-0.39, 0.29) is 36.1 Å². The van der Waals surface area contributed by atoms with Crippen LogP contribution in [0, 0.1) is 12.8 Å². The van der Waals surface area contributed by atoms with Crippen LogP contribution >= 0.6 is 0 Å². The number of aliphatic hydroxyl groups excluding tert-OH is 1. The van der Waals surface area contributed by atoms with Crippen molar-refractivity contribution in [3.63, 3.8) is 0 Å². The fourth-order valence-corrected chi connectivity index (χ4v) is 6.72. The minimum Gasteiger partial charge on any atom is -0.496 e. The van der Waals surface area contributed by atoms with Gasteiger partial charge < -0.3 is 29.5 Å². The lowest BCUT2D eigenvalue weighted by molar-refractivity contribution is -0.240. The van der Waals surface area contributed by atoms with Gasteiger partial charge in [0.15, 0.2) is 6.29 Å². The van der Waals surface area contributed by atoms with Gasteiger partial charge in [-0.2, -0.15) is 21.6 Å². The van der Waals surface area contributed by atoms with E-state index in [1.54, 1.807) is 18.2 Å². The van der Waals surface area contributed by atoms with E-state index in [4.69, 9.17) is 18.4 Å². The van der Waals surface area contributed by atoms with Crippen LogP contribution < -0.4 is 5.32 Å². The molecule has 13 heteroatoms. The third-order valence-corrected chi connectivity index (χ3v) is 10.0. The zero-order valence-corrected chi connectivity index (χ0v) is 28.1. The normalized spacial score (nSPS) is 25.6. The summed E-state index contributed by atoms with van der Waals surface area (Å²) in [5.74, 6) is 0.807. The van der Waals surface area contributed by atoms with E-state index < -0.39 is 34.9 Å². The van der Waals surface area contributed by atoms with Gasteiger partial charge >= 0.3 is 6.18 Å². The Balaban J connectivity index is 1.31. The Morgan fingerprint density at radius 2 is 1.96 bits per heavy atom. The van der Waals surface area contributed by atoms with Crippen LogP contribution in [-0.2, 0) is 28.5 Å². The highest BCUT2D eigenvalue weighted by Gasteiger charge is 2.42. The Kier molecular flexibility index (Phi) is 13.1. The molecule has 2 heterocycles. The molecule has 1 aromatic carbocycles. The van der Waals surface area contributed by atoms with Crippen molar-refractivity contribution in [1.82, 2.24) is 10.2 Å². The number of aryl methyl sites for hydroxylation is 1. The van der Waals surface area contributed by atoms with E-state index in [1.165, 1.54) is 19.2 Å². The standard InChI is InChI=1S/C34H47F3N2O7S/c1-23-8-16-29(17-9-23)47(41,42)45-22-28(46-32-7-5-6-20-43-32)21-44-25(3)11-19-30-24(2)10-18-31(38-30)26-12-14-27(15-13-26)39(4)33(40)34(35,36)37/h8-11,14,16-18,26,28,30-33,38,40H,2,5-7,12-13,15,19-22H2,1,3-4H3/b25-11+/t26-,28?,30+,31+,32?,33?/m1/s1. The van der Waals surface area contributed by atoms with Crippen LogP contribution in [0.5, 0.6) is 0 Å². The summed E-state index contributed by atoms with van der Waals surface area (Å²) in [7, 11) is -2.73. The van der Waals surface area contributed by atoms with Gasteiger partial charge in [0.2, 0.25) is 6.23 Å². The first-order valence-electron chi connectivity index (χ1n) is 16.1. The molecule has 0 bridgehead atoms. The molecule has 0 radical (unpaired) electrons. The fraction of sp³-hybridized carbons (Fsp3) is 0.588. The van der Waals surface area contributed by atoms with Gasteiger partial charge in [0, 0.05) is 31.4 Å². The average Bonchev–Trinajstić information content (AvgIpc) is 3.05. The minimum atomic E-state index is -4.71. The lowest BCUT2D eigenvalue weighted by Gasteiger charge is -2.37. The monoisotopic (exact) mass is 684 g/mol. The maximum atomic E-state index is 13.0. The number of rotatable bonds is 14. The molecule has 0 aromatic heterocycles. The second kappa shape index (κ2) is 16.6. The largest absolute Gasteiger partial charge is 0.496 e. The third-order valence-electron chi connectivity index (χ3n) is 8.75. The molecular formula is C34H47F3N2O7S. The number of hydrogen-bond donors (Lipinski definition) is 2. The van der Waals surface area contributed by atoms with Crippen molar-refractivity contribution < 1.29 is 45.1 Å². The summed E-state index contributed by atoms with van der Waals surface area (Å²) in [5, 5.41) is 13.2. The summed E-state index contributed by atoms with van der Waals surface area (Å²) in [4.78, 5) is 0.962. The zero-order chi connectivity index (χ0) is 34.2. The summed E-state index contributed by atoms with van der Waals surface area (Å²) >= 11 is 0. The van der Waals surface area contributed by atoms with Crippen LogP contribution in [-0.4, -0.2) is 82.2 Å². The summed E-state index contributed by atoms with van der Waals surface area (Å²) < 4.78 is 87.6. The van der Waals surface area contributed by atoms with Crippen LogP contribution in [0.4, 0.5) is 13.2 Å². The van der Waals surface area contributed by atoms with Crippen LogP contribution in [0.3, 0.4) is 0 Å². The number of ether oxygens (including phenoxy) is 3. The highest BCUT2D eigenvalue weighted by atomic mass is 32.2. The van der Waals surface area contributed by atoms with Crippen LogP contribution in [0.1, 0.15) is 57.4 Å². The molecule has 1 aromatic rings. The second-order valence-corrected chi connectivity index (χ2v) is 14.0. The third kappa shape index (κ3) is 10.9. The van der Waals surface area contributed by atoms with Crippen LogP contribution in [0.2, 0.25) is 0 Å². The summed E-state index contributed by atoms with van der Waals surface area (Å²) in [6.45, 7) is 8.25. The smallest absolute Gasteiger partial charge is 0.433 e. The molecule has 3 aliphatic rings. The molecule has 2 N–H and O–H groups in total. The number of allylic oxidation sites excluding steroid dienone is 3. The summed E-state index contributed by atoms with van der Waals surface area (Å²) in [6.07, 6.45) is 4.20. The van der Waals surface area contributed by atoms with Crippen molar-refractivity contribution >= 4 is 10.1 Å². The number of nitrogens with zero attached hydrogens (tertiary/aromatic N) is 1. The lowest BCUT2D eigenvalue weighted by Crippen LogP contribution is -2.46. The first-order chi connectivity index (χ1) is 22.2. The topological polar surface area (TPSA) is 107 Å². The van der Waals surface area contributed by atoms with Crippen LogP contribution in [0.15, 0.2) is 77.1 Å². The SMILES string of the molecule is C=C1C=C[C@@H]([C@@H]2CC=C(N(C)C(O)C(F)(F)F)CC2)N[C@H]1C/C=C(\C)OCC(COS(=O)(=O)c1ccc(C)cc1)OC1CCCCO1. The van der Waals surface area contributed by atoms with E-state index in [0.717, 1.165) is 28.9 Å². The molecule has 9 nitrogen and oxygen atoms in total. The minimum absolute atomic E-state index is 0.0108. The van der Waals surface area contributed by atoms with Gasteiger partial charge in [-0.3, -0.25) is 4.18 Å². The number of benzene rings is 1. The summed E-state index contributed by atoms with van der Waals surface area (Å²) in [6, 6.07) is 6.37. The van der Waals surface area contributed by atoms with Gasteiger partial charge in [-0.05, 0) is 88.5 Å². The summed E-state index contributed by atoms with van der Waals surface area (Å²) in [5.41, 5.74) is 2.32. The van der Waals surface area contributed by atoms with Crippen molar-refractivity contribution in [3.8, 4) is 0 Å². The Labute approximate surface area is 276 Å². The Morgan fingerprint density at radius 1 is 1.21 bits per heavy atom. The number of aliphatic hydroxyl groups is 1. The molecule has 1 fully saturated rings. The number of halogens is 3. The molecule has 0 amide bonds. The van der Waals surface area contributed by atoms with E-state index in [0.29, 0.717) is 50.2 Å². The van der Waals surface area contributed by atoms with E-state index in [9.17, 15) is 26.7 Å². The molecule has 1 saturated heterocycles. The quantitative estimate of drug-likeness (QED) is 0.141. The second-order valence-electron chi connectivity index (χ2n) is 12.4.